The van der Waals surface area contributed by atoms with Crippen LogP contribution in [0.2, 0.25) is 0 Å². The summed E-state index contributed by atoms with van der Waals surface area (Å²) in [7, 11) is -3.34. The van der Waals surface area contributed by atoms with E-state index in [1.165, 1.54) is 6.07 Å². The molecule has 0 aliphatic heterocycles. The highest BCUT2D eigenvalue weighted by Crippen LogP contribution is 2.16. The molecule has 19 heavy (non-hydrogen) atoms. The molecule has 0 aliphatic carbocycles. The average molecular weight is 285 g/mol. The van der Waals surface area contributed by atoms with Gasteiger partial charge in [0.25, 0.3) is 0 Å². The predicted molar refractivity (Wildman–Crippen MR) is 76.4 cm³/mol. The molecule has 7 heteroatoms. The van der Waals surface area contributed by atoms with E-state index in [0.717, 1.165) is 6.26 Å². The first-order valence-corrected chi connectivity index (χ1v) is 7.72. The fourth-order valence-electron chi connectivity index (χ4n) is 1.40. The lowest BCUT2D eigenvalue weighted by atomic mass is 10.0. The van der Waals surface area contributed by atoms with Crippen LogP contribution in [-0.4, -0.2) is 26.6 Å². The Morgan fingerprint density at radius 1 is 1.26 bits per heavy atom. The molecule has 1 aromatic rings. The maximum absolute atomic E-state index is 11.8. The summed E-state index contributed by atoms with van der Waals surface area (Å²) in [6.45, 7) is 3.71. The van der Waals surface area contributed by atoms with Gasteiger partial charge in [0.15, 0.2) is 0 Å². The molecule has 1 amide bonds. The number of rotatable bonds is 5. The molecule has 4 N–H and O–H groups in total. The summed E-state index contributed by atoms with van der Waals surface area (Å²) in [5.74, 6) is -0.274. The van der Waals surface area contributed by atoms with Gasteiger partial charge in [0.2, 0.25) is 15.9 Å². The molecule has 1 unspecified atom stereocenters. The highest BCUT2D eigenvalue weighted by atomic mass is 32.2. The molecule has 1 aromatic carbocycles. The summed E-state index contributed by atoms with van der Waals surface area (Å²) < 4.78 is 24.6. The normalized spacial score (nSPS) is 13.1. The number of anilines is 2. The van der Waals surface area contributed by atoms with E-state index >= 15 is 0 Å². The first kappa shape index (κ1) is 15.5. The van der Waals surface area contributed by atoms with Gasteiger partial charge in [-0.1, -0.05) is 19.9 Å². The number of hydrogen-bond donors (Lipinski definition) is 3. The zero-order valence-electron chi connectivity index (χ0n) is 11.2. The van der Waals surface area contributed by atoms with Crippen LogP contribution < -0.4 is 15.8 Å². The lowest BCUT2D eigenvalue weighted by molar-refractivity contribution is -0.118. The van der Waals surface area contributed by atoms with Gasteiger partial charge >= 0.3 is 0 Å². The van der Waals surface area contributed by atoms with Crippen LogP contribution in [0.1, 0.15) is 13.8 Å². The number of hydrogen-bond acceptors (Lipinski definition) is 4. The Labute approximate surface area is 113 Å². The standard InChI is InChI=1S/C12H19N3O3S/c1-8(2)11(13)12(16)14-9-5-4-6-10(7-9)15-19(3,17)18/h4-8,11,15H,13H2,1-3H3,(H,14,16). The minimum absolute atomic E-state index is 0.0253. The molecule has 0 radical (unpaired) electrons. The Balaban J connectivity index is 2.80. The molecule has 0 saturated carbocycles. The largest absolute Gasteiger partial charge is 0.325 e. The first-order chi connectivity index (χ1) is 8.69. The van der Waals surface area contributed by atoms with Crippen molar-refractivity contribution in [2.24, 2.45) is 11.7 Å². The Morgan fingerprint density at radius 2 is 1.84 bits per heavy atom. The van der Waals surface area contributed by atoms with Crippen molar-refractivity contribution in [2.45, 2.75) is 19.9 Å². The van der Waals surface area contributed by atoms with E-state index in [1.807, 2.05) is 13.8 Å². The molecule has 0 fully saturated rings. The van der Waals surface area contributed by atoms with Gasteiger partial charge in [0, 0.05) is 5.69 Å². The van der Waals surface area contributed by atoms with E-state index in [4.69, 9.17) is 5.73 Å². The summed E-state index contributed by atoms with van der Waals surface area (Å²) in [5, 5.41) is 2.65. The SMILES string of the molecule is CC(C)C(N)C(=O)Nc1cccc(NS(C)(=O)=O)c1. The zero-order valence-corrected chi connectivity index (χ0v) is 12.0. The molecule has 1 atom stereocenters. The van der Waals surface area contributed by atoms with Gasteiger partial charge in [-0.05, 0) is 24.1 Å². The number of carbonyl (C=O) groups is 1. The van der Waals surface area contributed by atoms with Crippen LogP contribution in [0.25, 0.3) is 0 Å². The Bertz CT molecular complexity index is 555. The number of amides is 1. The van der Waals surface area contributed by atoms with Crippen molar-refractivity contribution in [3.05, 3.63) is 24.3 Å². The van der Waals surface area contributed by atoms with Crippen molar-refractivity contribution >= 4 is 27.3 Å². The van der Waals surface area contributed by atoms with E-state index in [-0.39, 0.29) is 11.8 Å². The Kier molecular flexibility index (Phi) is 4.90. The van der Waals surface area contributed by atoms with Gasteiger partial charge in [-0.15, -0.1) is 0 Å². The zero-order chi connectivity index (χ0) is 14.6. The van der Waals surface area contributed by atoms with Gasteiger partial charge in [0.1, 0.15) is 0 Å². The predicted octanol–water partition coefficient (Wildman–Crippen LogP) is 0.980. The molecule has 0 heterocycles. The quantitative estimate of drug-likeness (QED) is 0.750. The third kappa shape index (κ3) is 5.27. The van der Waals surface area contributed by atoms with Crippen LogP contribution in [-0.2, 0) is 14.8 Å². The molecule has 1 rings (SSSR count). The minimum atomic E-state index is -3.34. The molecule has 6 nitrogen and oxygen atoms in total. The van der Waals surface area contributed by atoms with Crippen LogP contribution in [0.4, 0.5) is 11.4 Å². The second-order valence-corrected chi connectivity index (χ2v) is 6.46. The van der Waals surface area contributed by atoms with Crippen LogP contribution in [0, 0.1) is 5.92 Å². The second kappa shape index (κ2) is 6.03. The van der Waals surface area contributed by atoms with Gasteiger partial charge in [-0.25, -0.2) is 8.42 Å². The topological polar surface area (TPSA) is 101 Å². The van der Waals surface area contributed by atoms with Crippen LogP contribution in [0.15, 0.2) is 24.3 Å². The molecule has 0 spiro atoms. The third-order valence-corrected chi connectivity index (χ3v) is 3.06. The van der Waals surface area contributed by atoms with Crippen LogP contribution in [0.5, 0.6) is 0 Å². The Morgan fingerprint density at radius 3 is 2.37 bits per heavy atom. The van der Waals surface area contributed by atoms with Gasteiger partial charge in [0.05, 0.1) is 18.0 Å². The lowest BCUT2D eigenvalue weighted by Gasteiger charge is -2.15. The van der Waals surface area contributed by atoms with Gasteiger partial charge in [-0.2, -0.15) is 0 Å². The number of nitrogens with two attached hydrogens (primary N) is 1. The summed E-state index contributed by atoms with van der Waals surface area (Å²) >= 11 is 0. The maximum atomic E-state index is 11.8. The molecule has 106 valence electrons. The van der Waals surface area contributed by atoms with Crippen molar-refractivity contribution in [2.75, 3.05) is 16.3 Å². The van der Waals surface area contributed by atoms with Crippen molar-refractivity contribution in [3.63, 3.8) is 0 Å². The molecule has 0 aromatic heterocycles. The van der Waals surface area contributed by atoms with E-state index in [1.54, 1.807) is 18.2 Å². The van der Waals surface area contributed by atoms with Gasteiger partial charge in [-0.3, -0.25) is 9.52 Å². The molecular formula is C12H19N3O3S. The van der Waals surface area contributed by atoms with Crippen LogP contribution >= 0.6 is 0 Å². The number of sulfonamides is 1. The van der Waals surface area contributed by atoms with E-state index in [2.05, 4.69) is 10.0 Å². The molecule has 0 saturated heterocycles. The average Bonchev–Trinajstić information content (AvgIpc) is 2.25. The fourth-order valence-corrected chi connectivity index (χ4v) is 1.96. The van der Waals surface area contributed by atoms with Crippen LogP contribution in [0.3, 0.4) is 0 Å². The monoisotopic (exact) mass is 285 g/mol. The Hall–Kier alpha value is -1.60. The molecule has 0 bridgehead atoms. The maximum Gasteiger partial charge on any atom is 0.241 e. The smallest absolute Gasteiger partial charge is 0.241 e. The van der Waals surface area contributed by atoms with Crippen molar-refractivity contribution in [1.82, 2.24) is 0 Å². The van der Waals surface area contributed by atoms with E-state index in [0.29, 0.717) is 11.4 Å². The lowest BCUT2D eigenvalue weighted by Crippen LogP contribution is -2.39. The summed E-state index contributed by atoms with van der Waals surface area (Å²) in [6, 6.07) is 5.83. The number of carbonyl (C=O) groups excluding carboxylic acids is 1. The number of benzene rings is 1. The van der Waals surface area contributed by atoms with E-state index in [9.17, 15) is 13.2 Å². The molecule has 0 aliphatic rings. The first-order valence-electron chi connectivity index (χ1n) is 5.83. The highest BCUT2D eigenvalue weighted by molar-refractivity contribution is 7.92. The summed E-state index contributed by atoms with van der Waals surface area (Å²) in [5.41, 5.74) is 6.61. The van der Waals surface area contributed by atoms with E-state index < -0.39 is 16.1 Å². The van der Waals surface area contributed by atoms with Crippen molar-refractivity contribution in [1.29, 1.82) is 0 Å². The van der Waals surface area contributed by atoms with Gasteiger partial charge < -0.3 is 11.1 Å². The summed E-state index contributed by atoms with van der Waals surface area (Å²) in [6.07, 6.45) is 1.06. The highest BCUT2D eigenvalue weighted by Gasteiger charge is 2.17. The fraction of sp³-hybridized carbons (Fsp3) is 0.417. The second-order valence-electron chi connectivity index (χ2n) is 4.71. The third-order valence-electron chi connectivity index (χ3n) is 2.45. The molecular weight excluding hydrogens is 266 g/mol. The van der Waals surface area contributed by atoms with Crippen molar-refractivity contribution < 1.29 is 13.2 Å². The number of nitrogens with one attached hydrogen (secondary N) is 2. The van der Waals surface area contributed by atoms with Crippen molar-refractivity contribution in [3.8, 4) is 0 Å². The summed E-state index contributed by atoms with van der Waals surface area (Å²) in [4.78, 5) is 11.8. The minimum Gasteiger partial charge on any atom is -0.325 e.